The van der Waals surface area contributed by atoms with E-state index in [0.29, 0.717) is 22.5 Å². The second-order valence-electron chi connectivity index (χ2n) is 6.37. The van der Waals surface area contributed by atoms with E-state index in [1.165, 1.54) is 12.1 Å². The number of carbonyl (C=O) groups excluding carboxylic acids is 2. The number of nitrogens with one attached hydrogen (secondary N) is 1. The van der Waals surface area contributed by atoms with E-state index in [1.54, 1.807) is 50.2 Å². The number of carbonyl (C=O) groups is 2. The van der Waals surface area contributed by atoms with Crippen LogP contribution in [0.25, 0.3) is 0 Å². The third-order valence-electron chi connectivity index (χ3n) is 3.85. The molecule has 0 radical (unpaired) electrons. The van der Waals surface area contributed by atoms with Gasteiger partial charge in [-0.25, -0.2) is 9.18 Å². The van der Waals surface area contributed by atoms with E-state index in [0.717, 1.165) is 0 Å². The first-order chi connectivity index (χ1) is 12.9. The first-order valence-electron chi connectivity index (χ1n) is 8.53. The Morgan fingerprint density at radius 3 is 2.63 bits per heavy atom. The lowest BCUT2D eigenvalue weighted by Gasteiger charge is -2.11. The number of hydrogen-bond acceptors (Lipinski definition) is 5. The van der Waals surface area contributed by atoms with Crippen LogP contribution in [0.1, 0.15) is 36.2 Å². The van der Waals surface area contributed by atoms with Crippen molar-refractivity contribution >= 4 is 23.3 Å². The summed E-state index contributed by atoms with van der Waals surface area (Å²) in [6, 6.07) is 12.3. The Labute approximate surface area is 156 Å². The molecular formula is C20H19FN2O4. The van der Waals surface area contributed by atoms with Gasteiger partial charge in [0.25, 0.3) is 5.91 Å². The molecule has 1 heterocycles. The lowest BCUT2D eigenvalue weighted by Crippen LogP contribution is -2.28. The van der Waals surface area contributed by atoms with Gasteiger partial charge in [-0.2, -0.15) is 0 Å². The highest BCUT2D eigenvalue weighted by Crippen LogP contribution is 2.19. The second-order valence-corrected chi connectivity index (χ2v) is 6.37. The molecule has 0 spiro atoms. The highest BCUT2D eigenvalue weighted by molar-refractivity contribution is 6.06. The van der Waals surface area contributed by atoms with Crippen LogP contribution in [-0.4, -0.2) is 29.8 Å². The molecular weight excluding hydrogens is 351 g/mol. The maximum absolute atomic E-state index is 13.3. The Hall–Kier alpha value is -3.22. The fraction of sp³-hybridized carbons (Fsp3) is 0.250. The van der Waals surface area contributed by atoms with E-state index >= 15 is 0 Å². The molecule has 2 aromatic carbocycles. The molecule has 0 aliphatic carbocycles. The second kappa shape index (κ2) is 7.99. The number of benzene rings is 2. The highest BCUT2D eigenvalue weighted by atomic mass is 19.1. The Morgan fingerprint density at radius 2 is 1.96 bits per heavy atom. The number of hydrogen-bond donors (Lipinski definition) is 1. The molecule has 1 aliphatic rings. The van der Waals surface area contributed by atoms with Crippen molar-refractivity contribution in [1.29, 1.82) is 0 Å². The number of rotatable bonds is 5. The summed E-state index contributed by atoms with van der Waals surface area (Å²) in [7, 11) is 0. The third kappa shape index (κ3) is 4.69. The number of anilines is 1. The van der Waals surface area contributed by atoms with Crippen molar-refractivity contribution in [2.24, 2.45) is 5.16 Å². The zero-order valence-corrected chi connectivity index (χ0v) is 14.9. The summed E-state index contributed by atoms with van der Waals surface area (Å²) in [6.07, 6.45) is -0.758. The molecule has 0 fully saturated rings. The van der Waals surface area contributed by atoms with E-state index < -0.39 is 12.1 Å². The van der Waals surface area contributed by atoms with Gasteiger partial charge in [-0.3, -0.25) is 4.79 Å². The quantitative estimate of drug-likeness (QED) is 0.817. The van der Waals surface area contributed by atoms with Crippen molar-refractivity contribution in [3.8, 4) is 0 Å². The van der Waals surface area contributed by atoms with Crippen molar-refractivity contribution in [3.63, 3.8) is 0 Å². The zero-order chi connectivity index (χ0) is 19.4. The molecule has 140 valence electrons. The van der Waals surface area contributed by atoms with Gasteiger partial charge in [-0.05, 0) is 50.2 Å². The number of oxime groups is 1. The normalized spacial score (nSPS) is 15.9. The summed E-state index contributed by atoms with van der Waals surface area (Å²) in [4.78, 5) is 29.3. The standard InChI is InChI=1S/C20H19FN2O4/c1-12(2)26-20(25)13-6-8-16(9-7-13)22-19(24)18-11-17(23-27-18)14-4-3-5-15(21)10-14/h3-10,12,18H,11H2,1-2H3,(H,22,24). The van der Waals surface area contributed by atoms with Crippen molar-refractivity contribution in [2.75, 3.05) is 5.32 Å². The average Bonchev–Trinajstić information content (AvgIpc) is 3.12. The Morgan fingerprint density at radius 1 is 1.22 bits per heavy atom. The lowest BCUT2D eigenvalue weighted by molar-refractivity contribution is -0.125. The van der Waals surface area contributed by atoms with Crippen LogP contribution in [0, 0.1) is 5.82 Å². The lowest BCUT2D eigenvalue weighted by atomic mass is 10.0. The van der Waals surface area contributed by atoms with Crippen LogP contribution < -0.4 is 5.32 Å². The van der Waals surface area contributed by atoms with Crippen molar-refractivity contribution in [2.45, 2.75) is 32.5 Å². The Kier molecular flexibility index (Phi) is 5.49. The maximum Gasteiger partial charge on any atom is 0.338 e. The van der Waals surface area contributed by atoms with Gasteiger partial charge in [0.2, 0.25) is 6.10 Å². The predicted molar refractivity (Wildman–Crippen MR) is 98.1 cm³/mol. The number of halogens is 1. The van der Waals surface area contributed by atoms with Crippen LogP contribution in [0.5, 0.6) is 0 Å². The Bertz CT molecular complexity index is 878. The predicted octanol–water partition coefficient (Wildman–Crippen LogP) is 3.52. The summed E-state index contributed by atoms with van der Waals surface area (Å²) in [5.41, 5.74) is 2.01. The van der Waals surface area contributed by atoms with E-state index in [2.05, 4.69) is 10.5 Å². The Balaban J connectivity index is 1.58. The van der Waals surface area contributed by atoms with Crippen LogP contribution in [0.2, 0.25) is 0 Å². The van der Waals surface area contributed by atoms with Gasteiger partial charge in [0, 0.05) is 17.7 Å². The maximum atomic E-state index is 13.3. The number of ether oxygens (including phenoxy) is 1. The van der Waals surface area contributed by atoms with Crippen LogP contribution >= 0.6 is 0 Å². The van der Waals surface area contributed by atoms with Gasteiger partial charge in [-0.1, -0.05) is 17.3 Å². The number of amides is 1. The SMILES string of the molecule is CC(C)OC(=O)c1ccc(NC(=O)C2CC(c3cccc(F)c3)=NO2)cc1. The average molecular weight is 370 g/mol. The minimum Gasteiger partial charge on any atom is -0.459 e. The van der Waals surface area contributed by atoms with Crippen molar-refractivity contribution in [1.82, 2.24) is 0 Å². The summed E-state index contributed by atoms with van der Waals surface area (Å²) >= 11 is 0. The van der Waals surface area contributed by atoms with Gasteiger partial charge >= 0.3 is 5.97 Å². The van der Waals surface area contributed by atoms with Crippen LogP contribution in [-0.2, 0) is 14.4 Å². The third-order valence-corrected chi connectivity index (χ3v) is 3.85. The molecule has 0 saturated carbocycles. The van der Waals surface area contributed by atoms with Crippen LogP contribution in [0.4, 0.5) is 10.1 Å². The highest BCUT2D eigenvalue weighted by Gasteiger charge is 2.29. The molecule has 1 unspecified atom stereocenters. The fourth-order valence-corrected chi connectivity index (χ4v) is 2.55. The molecule has 1 aliphatic heterocycles. The van der Waals surface area contributed by atoms with Gasteiger partial charge in [0.05, 0.1) is 17.4 Å². The van der Waals surface area contributed by atoms with Gasteiger partial charge in [0.15, 0.2) is 0 Å². The molecule has 27 heavy (non-hydrogen) atoms. The van der Waals surface area contributed by atoms with Gasteiger partial charge in [-0.15, -0.1) is 0 Å². The van der Waals surface area contributed by atoms with Gasteiger partial charge < -0.3 is 14.9 Å². The molecule has 1 atom stereocenters. The van der Waals surface area contributed by atoms with E-state index in [1.807, 2.05) is 0 Å². The van der Waals surface area contributed by atoms with E-state index in [4.69, 9.17) is 9.57 Å². The first-order valence-corrected chi connectivity index (χ1v) is 8.53. The molecule has 0 saturated heterocycles. The largest absolute Gasteiger partial charge is 0.459 e. The minimum atomic E-state index is -0.797. The fourth-order valence-electron chi connectivity index (χ4n) is 2.55. The van der Waals surface area contributed by atoms with E-state index in [-0.39, 0.29) is 24.2 Å². The van der Waals surface area contributed by atoms with Crippen molar-refractivity contribution < 1.29 is 23.6 Å². The molecule has 6 nitrogen and oxygen atoms in total. The summed E-state index contributed by atoms with van der Waals surface area (Å²) in [5.74, 6) is -1.17. The topological polar surface area (TPSA) is 77.0 Å². The molecule has 7 heteroatoms. The molecule has 0 bridgehead atoms. The van der Waals surface area contributed by atoms with Crippen molar-refractivity contribution in [3.05, 3.63) is 65.5 Å². The summed E-state index contributed by atoms with van der Waals surface area (Å²) in [6.45, 7) is 3.54. The molecule has 1 amide bonds. The molecule has 2 aromatic rings. The molecule has 1 N–H and O–H groups in total. The molecule has 0 aromatic heterocycles. The van der Waals surface area contributed by atoms with Crippen LogP contribution in [0.15, 0.2) is 53.7 Å². The van der Waals surface area contributed by atoms with Gasteiger partial charge in [0.1, 0.15) is 5.82 Å². The van der Waals surface area contributed by atoms with Crippen LogP contribution in [0.3, 0.4) is 0 Å². The molecule has 3 rings (SSSR count). The summed E-state index contributed by atoms with van der Waals surface area (Å²) in [5, 5.41) is 6.59. The smallest absolute Gasteiger partial charge is 0.338 e. The number of esters is 1. The zero-order valence-electron chi connectivity index (χ0n) is 14.9. The monoisotopic (exact) mass is 370 g/mol. The summed E-state index contributed by atoms with van der Waals surface area (Å²) < 4.78 is 18.4. The minimum absolute atomic E-state index is 0.205. The first kappa shape index (κ1) is 18.6. The van der Waals surface area contributed by atoms with E-state index in [9.17, 15) is 14.0 Å². The number of nitrogens with zero attached hydrogens (tertiary/aromatic N) is 1.